The van der Waals surface area contributed by atoms with Crippen molar-refractivity contribution in [2.75, 3.05) is 26.3 Å². The number of nitrogens with one attached hydrogen (secondary N) is 2. The van der Waals surface area contributed by atoms with Crippen molar-refractivity contribution in [1.29, 1.82) is 0 Å². The van der Waals surface area contributed by atoms with Gasteiger partial charge < -0.3 is 15.4 Å². The molecule has 0 amide bonds. The molecule has 0 unspecified atom stereocenters. The quantitative estimate of drug-likeness (QED) is 0.418. The summed E-state index contributed by atoms with van der Waals surface area (Å²) in [6.07, 6.45) is 1.10. The van der Waals surface area contributed by atoms with Crippen LogP contribution in [-0.4, -0.2) is 37.2 Å². The van der Waals surface area contributed by atoms with E-state index < -0.39 is 0 Å². The highest BCUT2D eigenvalue weighted by Crippen LogP contribution is 2.00. The molecule has 0 aliphatic heterocycles. The lowest BCUT2D eigenvalue weighted by Crippen LogP contribution is -2.39. The van der Waals surface area contributed by atoms with Crippen molar-refractivity contribution in [3.05, 3.63) is 29.6 Å². The Hall–Kier alpha value is -1.62. The number of ether oxygens (including phenoxy) is 1. The maximum Gasteiger partial charge on any atom is 0.191 e. The average Bonchev–Trinajstić information content (AvgIpc) is 2.48. The van der Waals surface area contributed by atoms with Gasteiger partial charge in [0.2, 0.25) is 0 Å². The number of pyridine rings is 1. The monoisotopic (exact) mass is 306 g/mol. The highest BCUT2D eigenvalue weighted by atomic mass is 16.5. The molecule has 0 radical (unpaired) electrons. The first-order valence-corrected chi connectivity index (χ1v) is 8.14. The van der Waals surface area contributed by atoms with Crippen LogP contribution in [-0.2, 0) is 11.3 Å². The van der Waals surface area contributed by atoms with Crippen molar-refractivity contribution in [3.8, 4) is 0 Å². The molecule has 0 fully saturated rings. The highest BCUT2D eigenvalue weighted by molar-refractivity contribution is 5.79. The van der Waals surface area contributed by atoms with Crippen LogP contribution in [0.25, 0.3) is 0 Å². The molecule has 1 heterocycles. The van der Waals surface area contributed by atoms with Gasteiger partial charge in [-0.1, -0.05) is 19.9 Å². The fraction of sp³-hybridized carbons (Fsp3) is 0.647. The summed E-state index contributed by atoms with van der Waals surface area (Å²) >= 11 is 0. The molecule has 0 aromatic carbocycles. The molecule has 5 heteroatoms. The molecule has 0 atom stereocenters. The van der Waals surface area contributed by atoms with Crippen molar-refractivity contribution in [2.45, 2.75) is 40.7 Å². The Kier molecular flexibility index (Phi) is 9.23. The van der Waals surface area contributed by atoms with Crippen LogP contribution in [0.1, 0.15) is 38.6 Å². The van der Waals surface area contributed by atoms with Crippen LogP contribution in [0, 0.1) is 12.8 Å². The van der Waals surface area contributed by atoms with E-state index in [0.717, 1.165) is 43.5 Å². The van der Waals surface area contributed by atoms with Crippen molar-refractivity contribution < 1.29 is 4.74 Å². The number of hydrogen-bond acceptors (Lipinski definition) is 3. The zero-order chi connectivity index (χ0) is 16.2. The van der Waals surface area contributed by atoms with E-state index in [0.29, 0.717) is 19.1 Å². The Morgan fingerprint density at radius 2 is 2.09 bits per heavy atom. The van der Waals surface area contributed by atoms with Crippen LogP contribution in [0.15, 0.2) is 23.2 Å². The van der Waals surface area contributed by atoms with Crippen LogP contribution in [0.4, 0.5) is 0 Å². The summed E-state index contributed by atoms with van der Waals surface area (Å²) in [6.45, 7) is 12.1. The predicted octanol–water partition coefficient (Wildman–Crippen LogP) is 2.51. The number of nitrogens with zero attached hydrogens (tertiary/aromatic N) is 2. The molecule has 0 saturated heterocycles. The molecule has 0 saturated carbocycles. The Labute approximate surface area is 134 Å². The molecule has 124 valence electrons. The number of hydrogen-bond donors (Lipinski definition) is 2. The molecule has 1 rings (SSSR count). The molecular formula is C17H30N4O. The second-order valence-electron chi connectivity index (χ2n) is 5.69. The number of guanidine groups is 1. The summed E-state index contributed by atoms with van der Waals surface area (Å²) < 4.78 is 5.59. The van der Waals surface area contributed by atoms with Crippen LogP contribution in [0.2, 0.25) is 0 Å². The van der Waals surface area contributed by atoms with Crippen molar-refractivity contribution in [2.24, 2.45) is 10.9 Å². The molecule has 1 aromatic rings. The van der Waals surface area contributed by atoms with Gasteiger partial charge in [-0.3, -0.25) is 4.98 Å². The van der Waals surface area contributed by atoms with Gasteiger partial charge in [0.1, 0.15) is 0 Å². The second kappa shape index (κ2) is 11.0. The molecule has 0 aliphatic carbocycles. The van der Waals surface area contributed by atoms with Crippen molar-refractivity contribution in [1.82, 2.24) is 15.6 Å². The SMILES string of the molecule is CCNC(=NCc1cccc(C)n1)NCCOCCC(C)C. The Balaban J connectivity index is 2.33. The zero-order valence-corrected chi connectivity index (χ0v) is 14.4. The van der Waals surface area contributed by atoms with Gasteiger partial charge in [-0.05, 0) is 38.3 Å². The smallest absolute Gasteiger partial charge is 0.191 e. The van der Waals surface area contributed by atoms with Gasteiger partial charge in [-0.25, -0.2) is 4.99 Å². The van der Waals surface area contributed by atoms with Gasteiger partial charge in [0.05, 0.1) is 18.8 Å². The maximum atomic E-state index is 5.59. The summed E-state index contributed by atoms with van der Waals surface area (Å²) in [5, 5.41) is 6.51. The van der Waals surface area contributed by atoms with Gasteiger partial charge in [0, 0.05) is 25.4 Å². The topological polar surface area (TPSA) is 58.5 Å². The third-order valence-electron chi connectivity index (χ3n) is 3.07. The van der Waals surface area contributed by atoms with E-state index >= 15 is 0 Å². The molecule has 2 N–H and O–H groups in total. The lowest BCUT2D eigenvalue weighted by Gasteiger charge is -2.12. The van der Waals surface area contributed by atoms with E-state index in [9.17, 15) is 0 Å². The van der Waals surface area contributed by atoms with E-state index in [2.05, 4.69) is 41.4 Å². The number of aryl methyl sites for hydroxylation is 1. The fourth-order valence-electron chi connectivity index (χ4n) is 1.85. The minimum Gasteiger partial charge on any atom is -0.380 e. The summed E-state index contributed by atoms with van der Waals surface area (Å²) in [5.41, 5.74) is 1.99. The third-order valence-corrected chi connectivity index (χ3v) is 3.07. The fourth-order valence-corrected chi connectivity index (χ4v) is 1.85. The van der Waals surface area contributed by atoms with E-state index in [-0.39, 0.29) is 0 Å². The van der Waals surface area contributed by atoms with Gasteiger partial charge in [0.25, 0.3) is 0 Å². The lowest BCUT2D eigenvalue weighted by atomic mass is 10.1. The number of aliphatic imine (C=N–C) groups is 1. The largest absolute Gasteiger partial charge is 0.380 e. The summed E-state index contributed by atoms with van der Waals surface area (Å²) in [6, 6.07) is 6.00. The van der Waals surface area contributed by atoms with Crippen molar-refractivity contribution in [3.63, 3.8) is 0 Å². The molecule has 22 heavy (non-hydrogen) atoms. The minimum absolute atomic E-state index is 0.575. The Morgan fingerprint density at radius 1 is 1.27 bits per heavy atom. The van der Waals surface area contributed by atoms with Gasteiger partial charge in [0.15, 0.2) is 5.96 Å². The van der Waals surface area contributed by atoms with E-state index in [1.54, 1.807) is 0 Å². The van der Waals surface area contributed by atoms with E-state index in [1.807, 2.05) is 25.1 Å². The van der Waals surface area contributed by atoms with Gasteiger partial charge in [-0.2, -0.15) is 0 Å². The first-order chi connectivity index (χ1) is 10.6. The molecule has 0 bridgehead atoms. The van der Waals surface area contributed by atoms with E-state index in [1.165, 1.54) is 0 Å². The van der Waals surface area contributed by atoms with Gasteiger partial charge >= 0.3 is 0 Å². The van der Waals surface area contributed by atoms with Crippen LogP contribution in [0.3, 0.4) is 0 Å². The lowest BCUT2D eigenvalue weighted by molar-refractivity contribution is 0.128. The number of rotatable bonds is 9. The second-order valence-corrected chi connectivity index (χ2v) is 5.69. The molecule has 0 aliphatic rings. The Morgan fingerprint density at radius 3 is 2.77 bits per heavy atom. The predicted molar refractivity (Wildman–Crippen MR) is 92.1 cm³/mol. The summed E-state index contributed by atoms with van der Waals surface area (Å²) in [4.78, 5) is 9.00. The molecule has 5 nitrogen and oxygen atoms in total. The first-order valence-electron chi connectivity index (χ1n) is 8.14. The molecular weight excluding hydrogens is 276 g/mol. The first kappa shape index (κ1) is 18.4. The van der Waals surface area contributed by atoms with Gasteiger partial charge in [-0.15, -0.1) is 0 Å². The van der Waals surface area contributed by atoms with Crippen LogP contribution >= 0.6 is 0 Å². The van der Waals surface area contributed by atoms with E-state index in [4.69, 9.17) is 4.74 Å². The minimum atomic E-state index is 0.575. The summed E-state index contributed by atoms with van der Waals surface area (Å²) in [7, 11) is 0. The van der Waals surface area contributed by atoms with Crippen LogP contribution in [0.5, 0.6) is 0 Å². The summed E-state index contributed by atoms with van der Waals surface area (Å²) in [5.74, 6) is 1.49. The molecule has 1 aromatic heterocycles. The maximum absolute atomic E-state index is 5.59. The van der Waals surface area contributed by atoms with Crippen LogP contribution < -0.4 is 10.6 Å². The standard InChI is InChI=1S/C17H30N4O/c1-5-18-17(19-10-12-22-11-9-14(2)3)20-13-16-8-6-7-15(4)21-16/h6-8,14H,5,9-13H2,1-4H3,(H2,18,19,20). The third kappa shape index (κ3) is 8.62. The molecule has 0 spiro atoms. The Bertz CT molecular complexity index is 446. The highest BCUT2D eigenvalue weighted by Gasteiger charge is 1.99. The normalized spacial score (nSPS) is 11.8. The van der Waals surface area contributed by atoms with Crippen molar-refractivity contribution >= 4 is 5.96 Å². The average molecular weight is 306 g/mol. The zero-order valence-electron chi connectivity index (χ0n) is 14.4. The number of aromatic nitrogens is 1.